The molecule has 1 aromatic carbocycles. The van der Waals surface area contributed by atoms with Gasteiger partial charge in [-0.05, 0) is 12.0 Å². The van der Waals surface area contributed by atoms with Crippen molar-refractivity contribution >= 4 is 17.1 Å². The van der Waals surface area contributed by atoms with Crippen LogP contribution >= 0.6 is 0 Å². The number of carboxylic acids is 1. The first-order valence-electron chi connectivity index (χ1n) is 4.91. The maximum atomic E-state index is 11.0. The predicted octanol–water partition coefficient (Wildman–Crippen LogP) is 1.70. The molecule has 0 aliphatic rings. The molecule has 5 nitrogen and oxygen atoms in total. The smallest absolute Gasteiger partial charge is 0.417 e. The standard InChI is InChI=1S/C11H11NO4/c1-6(5-9(13)14)7-3-2-4-8-10(7)16-11(15)12-8/h2-4,6H,5H2,1H3,(H,12,15)(H,13,14). The molecule has 1 heterocycles. The van der Waals surface area contributed by atoms with Crippen molar-refractivity contribution in [1.29, 1.82) is 0 Å². The summed E-state index contributed by atoms with van der Waals surface area (Å²) in [5.41, 5.74) is 1.78. The lowest BCUT2D eigenvalue weighted by Gasteiger charge is -2.08. The first-order chi connectivity index (χ1) is 7.58. The van der Waals surface area contributed by atoms with Crippen molar-refractivity contribution in [2.75, 3.05) is 0 Å². The summed E-state index contributed by atoms with van der Waals surface area (Å²) in [7, 11) is 0. The molecule has 0 saturated carbocycles. The van der Waals surface area contributed by atoms with E-state index in [4.69, 9.17) is 9.52 Å². The van der Waals surface area contributed by atoms with Crippen molar-refractivity contribution in [2.24, 2.45) is 0 Å². The van der Waals surface area contributed by atoms with Crippen LogP contribution in [0.25, 0.3) is 11.1 Å². The number of aliphatic carboxylic acids is 1. The summed E-state index contributed by atoms with van der Waals surface area (Å²) in [6, 6.07) is 5.26. The van der Waals surface area contributed by atoms with Gasteiger partial charge in [0, 0.05) is 5.56 Å². The van der Waals surface area contributed by atoms with Gasteiger partial charge < -0.3 is 9.52 Å². The minimum absolute atomic E-state index is 0.00794. The molecule has 1 unspecified atom stereocenters. The Kier molecular flexibility index (Phi) is 2.52. The highest BCUT2D eigenvalue weighted by atomic mass is 16.4. The molecule has 1 atom stereocenters. The fourth-order valence-electron chi connectivity index (χ4n) is 1.76. The number of nitrogens with one attached hydrogen (secondary N) is 1. The van der Waals surface area contributed by atoms with Gasteiger partial charge in [0.2, 0.25) is 0 Å². The first-order valence-corrected chi connectivity index (χ1v) is 4.91. The number of rotatable bonds is 3. The van der Waals surface area contributed by atoms with Crippen molar-refractivity contribution in [3.63, 3.8) is 0 Å². The molecule has 0 saturated heterocycles. The number of oxazole rings is 1. The normalized spacial score (nSPS) is 12.8. The van der Waals surface area contributed by atoms with Gasteiger partial charge in [-0.3, -0.25) is 9.78 Å². The Bertz CT molecular complexity index is 581. The summed E-state index contributed by atoms with van der Waals surface area (Å²) in [6.45, 7) is 1.79. The zero-order valence-electron chi connectivity index (χ0n) is 8.69. The quantitative estimate of drug-likeness (QED) is 0.826. The third kappa shape index (κ3) is 1.84. The minimum Gasteiger partial charge on any atom is -0.481 e. The molecule has 2 N–H and O–H groups in total. The van der Waals surface area contributed by atoms with E-state index in [-0.39, 0.29) is 12.3 Å². The van der Waals surface area contributed by atoms with Crippen LogP contribution in [-0.4, -0.2) is 16.1 Å². The fourth-order valence-corrected chi connectivity index (χ4v) is 1.76. The van der Waals surface area contributed by atoms with Crippen molar-refractivity contribution in [2.45, 2.75) is 19.3 Å². The van der Waals surface area contributed by atoms with Crippen molar-refractivity contribution < 1.29 is 14.3 Å². The topological polar surface area (TPSA) is 83.3 Å². The predicted molar refractivity (Wildman–Crippen MR) is 57.5 cm³/mol. The second-order valence-corrected chi connectivity index (χ2v) is 3.74. The van der Waals surface area contributed by atoms with Crippen LogP contribution in [-0.2, 0) is 4.79 Å². The van der Waals surface area contributed by atoms with Gasteiger partial charge >= 0.3 is 11.7 Å². The van der Waals surface area contributed by atoms with E-state index in [0.29, 0.717) is 11.1 Å². The maximum absolute atomic E-state index is 11.0. The average Bonchev–Trinajstić information content (AvgIpc) is 2.55. The number of H-pyrrole nitrogens is 1. The van der Waals surface area contributed by atoms with Gasteiger partial charge in [-0.15, -0.1) is 0 Å². The van der Waals surface area contributed by atoms with E-state index < -0.39 is 11.7 Å². The molecular formula is C11H11NO4. The van der Waals surface area contributed by atoms with Crippen molar-refractivity contribution in [3.05, 3.63) is 34.3 Å². The Morgan fingerprint density at radius 1 is 1.56 bits per heavy atom. The number of aromatic amines is 1. The van der Waals surface area contributed by atoms with E-state index in [2.05, 4.69) is 4.98 Å². The minimum atomic E-state index is -0.873. The van der Waals surface area contributed by atoms with Crippen LogP contribution in [0, 0.1) is 0 Å². The van der Waals surface area contributed by atoms with Gasteiger partial charge in [0.25, 0.3) is 0 Å². The van der Waals surface area contributed by atoms with Crippen LogP contribution in [0.3, 0.4) is 0 Å². The Morgan fingerprint density at radius 3 is 3.00 bits per heavy atom. The van der Waals surface area contributed by atoms with E-state index in [1.54, 1.807) is 25.1 Å². The molecule has 0 radical (unpaired) electrons. The number of hydrogen-bond donors (Lipinski definition) is 2. The molecule has 0 amide bonds. The van der Waals surface area contributed by atoms with E-state index in [9.17, 15) is 9.59 Å². The number of benzene rings is 1. The lowest BCUT2D eigenvalue weighted by molar-refractivity contribution is -0.137. The summed E-state index contributed by atoms with van der Waals surface area (Å²) >= 11 is 0. The molecule has 84 valence electrons. The summed E-state index contributed by atoms with van der Waals surface area (Å²) in [5.74, 6) is -1.59. The van der Waals surface area contributed by atoms with Crippen molar-refractivity contribution in [3.8, 4) is 0 Å². The third-order valence-electron chi connectivity index (χ3n) is 2.49. The van der Waals surface area contributed by atoms with Gasteiger partial charge in [-0.25, -0.2) is 4.79 Å². The molecule has 5 heteroatoms. The van der Waals surface area contributed by atoms with Gasteiger partial charge in [-0.1, -0.05) is 19.1 Å². The van der Waals surface area contributed by atoms with E-state index in [0.717, 1.165) is 5.56 Å². The number of aromatic nitrogens is 1. The molecule has 16 heavy (non-hydrogen) atoms. The highest BCUT2D eigenvalue weighted by Crippen LogP contribution is 2.25. The molecule has 2 rings (SSSR count). The Labute approximate surface area is 90.7 Å². The van der Waals surface area contributed by atoms with E-state index in [1.807, 2.05) is 0 Å². The number of carbonyl (C=O) groups is 1. The zero-order chi connectivity index (χ0) is 11.7. The van der Waals surface area contributed by atoms with E-state index >= 15 is 0 Å². The molecule has 0 fully saturated rings. The second-order valence-electron chi connectivity index (χ2n) is 3.74. The van der Waals surface area contributed by atoms with Gasteiger partial charge in [0.15, 0.2) is 5.58 Å². The zero-order valence-corrected chi connectivity index (χ0v) is 8.69. The number of hydrogen-bond acceptors (Lipinski definition) is 3. The molecule has 2 aromatic rings. The number of fused-ring (bicyclic) bond motifs is 1. The SMILES string of the molecule is CC(CC(=O)O)c1cccc2[nH]c(=O)oc12. The average molecular weight is 221 g/mol. The molecule has 1 aromatic heterocycles. The fraction of sp³-hybridized carbons (Fsp3) is 0.273. The number of para-hydroxylation sites is 1. The molecule has 0 bridgehead atoms. The van der Waals surface area contributed by atoms with Crippen molar-refractivity contribution in [1.82, 2.24) is 4.98 Å². The molecular weight excluding hydrogens is 210 g/mol. The Balaban J connectivity index is 2.51. The molecule has 0 aliphatic heterocycles. The largest absolute Gasteiger partial charge is 0.481 e. The van der Waals surface area contributed by atoms with Crippen LogP contribution in [0.5, 0.6) is 0 Å². The lowest BCUT2D eigenvalue weighted by atomic mass is 9.97. The summed E-state index contributed by atoms with van der Waals surface area (Å²) < 4.78 is 5.00. The monoisotopic (exact) mass is 221 g/mol. The highest BCUT2D eigenvalue weighted by Gasteiger charge is 2.15. The molecule has 0 aliphatic carbocycles. The first kappa shape index (κ1) is 10.5. The van der Waals surface area contributed by atoms with Crippen LogP contribution in [0.4, 0.5) is 0 Å². The summed E-state index contributed by atoms with van der Waals surface area (Å²) in [5, 5.41) is 8.72. The third-order valence-corrected chi connectivity index (χ3v) is 2.49. The van der Waals surface area contributed by atoms with Crippen LogP contribution in [0.2, 0.25) is 0 Å². The van der Waals surface area contributed by atoms with Gasteiger partial charge in [-0.2, -0.15) is 0 Å². The van der Waals surface area contributed by atoms with E-state index in [1.165, 1.54) is 0 Å². The Morgan fingerprint density at radius 2 is 2.31 bits per heavy atom. The summed E-state index contributed by atoms with van der Waals surface area (Å²) in [4.78, 5) is 24.2. The maximum Gasteiger partial charge on any atom is 0.417 e. The van der Waals surface area contributed by atoms with Crippen LogP contribution in [0.15, 0.2) is 27.4 Å². The van der Waals surface area contributed by atoms with Crippen LogP contribution in [0.1, 0.15) is 24.8 Å². The molecule has 0 spiro atoms. The Hall–Kier alpha value is -2.04. The number of carboxylic acid groups (broad SMARTS) is 1. The van der Waals surface area contributed by atoms with Gasteiger partial charge in [0.05, 0.1) is 11.9 Å². The highest BCUT2D eigenvalue weighted by molar-refractivity contribution is 5.77. The lowest BCUT2D eigenvalue weighted by Crippen LogP contribution is -2.03. The van der Waals surface area contributed by atoms with Gasteiger partial charge in [0.1, 0.15) is 0 Å². The van der Waals surface area contributed by atoms with Crippen LogP contribution < -0.4 is 5.76 Å². The second kappa shape index (κ2) is 3.84. The summed E-state index contributed by atoms with van der Waals surface area (Å²) in [6.07, 6.45) is 0.00794.